The number of thioether (sulfide) groups is 1. The fourth-order valence-corrected chi connectivity index (χ4v) is 4.05. The van der Waals surface area contributed by atoms with Crippen molar-refractivity contribution < 1.29 is 9.53 Å². The van der Waals surface area contributed by atoms with E-state index < -0.39 is 6.10 Å². The van der Waals surface area contributed by atoms with Crippen LogP contribution in [0, 0.1) is 6.92 Å². The van der Waals surface area contributed by atoms with Gasteiger partial charge < -0.3 is 4.74 Å². The zero-order valence-electron chi connectivity index (χ0n) is 16.0. The Kier molecular flexibility index (Phi) is 7.69. The van der Waals surface area contributed by atoms with Crippen LogP contribution in [0.4, 0.5) is 5.13 Å². The quantitative estimate of drug-likeness (QED) is 0.355. The monoisotopic (exact) mass is 445 g/mol. The molecule has 0 aliphatic rings. The van der Waals surface area contributed by atoms with E-state index in [9.17, 15) is 4.79 Å². The first-order chi connectivity index (χ1) is 14.0. The van der Waals surface area contributed by atoms with Gasteiger partial charge in [0.2, 0.25) is 5.13 Å². The highest BCUT2D eigenvalue weighted by molar-refractivity contribution is 8.01. The molecule has 0 saturated carbocycles. The molecule has 0 radical (unpaired) electrons. The third kappa shape index (κ3) is 6.59. The number of hydrogen-bond acceptors (Lipinski definition) is 6. The molecule has 0 aliphatic carbocycles. The van der Waals surface area contributed by atoms with Crippen LogP contribution in [0.5, 0.6) is 5.75 Å². The molecule has 29 heavy (non-hydrogen) atoms. The lowest BCUT2D eigenvalue weighted by Crippen LogP contribution is -2.30. The Morgan fingerprint density at radius 3 is 2.83 bits per heavy atom. The fraction of sp³-hybridized carbons (Fsp3) is 0.190. The van der Waals surface area contributed by atoms with Gasteiger partial charge in [-0.3, -0.25) is 10.1 Å². The lowest BCUT2D eigenvalue weighted by molar-refractivity contribution is -0.122. The normalized spacial score (nSPS) is 12.1. The molecule has 150 valence electrons. The molecule has 0 fully saturated rings. The zero-order chi connectivity index (χ0) is 20.6. The molecule has 3 rings (SSSR count). The minimum atomic E-state index is -0.676. The van der Waals surface area contributed by atoms with Crippen LogP contribution in [-0.2, 0) is 4.79 Å². The van der Waals surface area contributed by atoms with Gasteiger partial charge in [0.25, 0.3) is 5.91 Å². The number of carbonyl (C=O) groups excluding carboxylic acids is 1. The molecule has 1 atom stereocenters. The van der Waals surface area contributed by atoms with E-state index in [0.29, 0.717) is 15.9 Å². The SMILES string of the molecule is Cc1cc(OC(C)C(=O)Nc2nnc(SC/C=C/c3ccccc3)s2)ccc1Cl. The van der Waals surface area contributed by atoms with E-state index in [-0.39, 0.29) is 5.91 Å². The van der Waals surface area contributed by atoms with E-state index in [2.05, 4.69) is 27.7 Å². The Bertz CT molecular complexity index is 993. The summed E-state index contributed by atoms with van der Waals surface area (Å²) in [7, 11) is 0. The number of amides is 1. The summed E-state index contributed by atoms with van der Waals surface area (Å²) in [5, 5.41) is 12.0. The van der Waals surface area contributed by atoms with Crippen molar-refractivity contribution in [3.05, 3.63) is 70.8 Å². The van der Waals surface area contributed by atoms with Gasteiger partial charge in [0.15, 0.2) is 10.4 Å². The van der Waals surface area contributed by atoms with Gasteiger partial charge in [-0.1, -0.05) is 77.2 Å². The Balaban J connectivity index is 1.47. The summed E-state index contributed by atoms with van der Waals surface area (Å²) >= 11 is 8.91. The minimum Gasteiger partial charge on any atom is -0.481 e. The number of nitrogens with one attached hydrogen (secondary N) is 1. The van der Waals surface area contributed by atoms with Crippen molar-refractivity contribution >= 4 is 51.8 Å². The molecule has 8 heteroatoms. The Hall–Kier alpha value is -2.35. The molecular weight excluding hydrogens is 426 g/mol. The second kappa shape index (κ2) is 10.4. The number of ether oxygens (including phenoxy) is 1. The number of rotatable bonds is 8. The van der Waals surface area contributed by atoms with E-state index >= 15 is 0 Å². The van der Waals surface area contributed by atoms with E-state index in [1.807, 2.05) is 37.3 Å². The lowest BCUT2D eigenvalue weighted by Gasteiger charge is -2.14. The van der Waals surface area contributed by atoms with Gasteiger partial charge in [-0.05, 0) is 43.2 Å². The van der Waals surface area contributed by atoms with Crippen molar-refractivity contribution in [2.45, 2.75) is 24.3 Å². The molecular formula is C21H20ClN3O2S2. The number of hydrogen-bond donors (Lipinski definition) is 1. The third-order valence-electron chi connectivity index (χ3n) is 3.86. The Morgan fingerprint density at radius 2 is 2.07 bits per heavy atom. The standard InChI is InChI=1S/C21H20ClN3O2S2/c1-14-13-17(10-11-18(14)22)27-15(2)19(26)23-20-24-25-21(29-20)28-12-6-9-16-7-4-3-5-8-16/h3-11,13,15H,12H2,1-2H3,(H,23,24,26)/b9-6+. The number of aryl methyl sites for hydroxylation is 1. The highest BCUT2D eigenvalue weighted by Gasteiger charge is 2.17. The van der Waals surface area contributed by atoms with Crippen molar-refractivity contribution in [1.82, 2.24) is 10.2 Å². The first kappa shape index (κ1) is 21.4. The Labute approximate surface area is 183 Å². The van der Waals surface area contributed by atoms with Gasteiger partial charge in [-0.25, -0.2) is 0 Å². The molecule has 3 aromatic rings. The Morgan fingerprint density at radius 1 is 1.28 bits per heavy atom. The maximum absolute atomic E-state index is 12.4. The van der Waals surface area contributed by atoms with E-state index in [0.717, 1.165) is 21.2 Å². The van der Waals surface area contributed by atoms with Crippen LogP contribution in [0.15, 0.2) is 58.9 Å². The summed E-state index contributed by atoms with van der Waals surface area (Å²) in [6.07, 6.45) is 3.46. The lowest BCUT2D eigenvalue weighted by atomic mass is 10.2. The van der Waals surface area contributed by atoms with E-state index in [4.69, 9.17) is 16.3 Å². The van der Waals surface area contributed by atoms with Crippen molar-refractivity contribution in [1.29, 1.82) is 0 Å². The summed E-state index contributed by atoms with van der Waals surface area (Å²) in [5.74, 6) is 1.08. The molecule has 0 bridgehead atoms. The van der Waals surface area contributed by atoms with Gasteiger partial charge in [0, 0.05) is 10.8 Å². The predicted octanol–water partition coefficient (Wildman–Crippen LogP) is 5.71. The summed E-state index contributed by atoms with van der Waals surface area (Å²) in [6.45, 7) is 3.57. The van der Waals surface area contributed by atoms with Crippen LogP contribution in [0.3, 0.4) is 0 Å². The van der Waals surface area contributed by atoms with Crippen LogP contribution < -0.4 is 10.1 Å². The topological polar surface area (TPSA) is 64.1 Å². The highest BCUT2D eigenvalue weighted by atomic mass is 35.5. The highest BCUT2D eigenvalue weighted by Crippen LogP contribution is 2.26. The second-order valence-electron chi connectivity index (χ2n) is 6.16. The number of aromatic nitrogens is 2. The molecule has 1 N–H and O–H groups in total. The van der Waals surface area contributed by atoms with E-state index in [1.165, 1.54) is 11.3 Å². The molecule has 1 unspecified atom stereocenters. The number of nitrogens with zero attached hydrogens (tertiary/aromatic N) is 2. The van der Waals surface area contributed by atoms with Crippen LogP contribution >= 0.6 is 34.7 Å². The van der Waals surface area contributed by atoms with Crippen molar-refractivity contribution in [2.24, 2.45) is 0 Å². The van der Waals surface area contributed by atoms with Gasteiger partial charge >= 0.3 is 0 Å². The van der Waals surface area contributed by atoms with Gasteiger partial charge in [-0.15, -0.1) is 10.2 Å². The average molecular weight is 446 g/mol. The van der Waals surface area contributed by atoms with Gasteiger partial charge in [0.1, 0.15) is 5.75 Å². The maximum atomic E-state index is 12.4. The molecule has 0 aliphatic heterocycles. The molecule has 2 aromatic carbocycles. The molecule has 1 aromatic heterocycles. The third-order valence-corrected chi connectivity index (χ3v) is 6.21. The maximum Gasteiger partial charge on any atom is 0.266 e. The largest absolute Gasteiger partial charge is 0.481 e. The summed E-state index contributed by atoms with van der Waals surface area (Å²) in [5.41, 5.74) is 2.05. The van der Waals surface area contributed by atoms with Crippen molar-refractivity contribution in [3.8, 4) is 5.75 Å². The predicted molar refractivity (Wildman–Crippen MR) is 121 cm³/mol. The van der Waals surface area contributed by atoms with Crippen LogP contribution in [0.1, 0.15) is 18.1 Å². The molecule has 1 heterocycles. The zero-order valence-corrected chi connectivity index (χ0v) is 18.4. The summed E-state index contributed by atoms with van der Waals surface area (Å²) in [6, 6.07) is 15.4. The molecule has 5 nitrogen and oxygen atoms in total. The van der Waals surface area contributed by atoms with Crippen LogP contribution in [0.25, 0.3) is 6.08 Å². The summed E-state index contributed by atoms with van der Waals surface area (Å²) < 4.78 is 6.48. The van der Waals surface area contributed by atoms with Crippen LogP contribution in [0.2, 0.25) is 5.02 Å². The fourth-order valence-electron chi connectivity index (χ4n) is 2.34. The molecule has 0 spiro atoms. The average Bonchev–Trinajstić information content (AvgIpc) is 3.16. The van der Waals surface area contributed by atoms with Gasteiger partial charge in [-0.2, -0.15) is 0 Å². The van der Waals surface area contributed by atoms with Crippen molar-refractivity contribution in [2.75, 3.05) is 11.1 Å². The number of carbonyl (C=O) groups is 1. The summed E-state index contributed by atoms with van der Waals surface area (Å²) in [4.78, 5) is 12.4. The smallest absolute Gasteiger partial charge is 0.266 e. The van der Waals surface area contributed by atoms with Gasteiger partial charge in [0.05, 0.1) is 0 Å². The second-order valence-corrected chi connectivity index (χ2v) is 8.81. The van der Waals surface area contributed by atoms with Crippen LogP contribution in [-0.4, -0.2) is 28.0 Å². The first-order valence-corrected chi connectivity index (χ1v) is 11.1. The first-order valence-electron chi connectivity index (χ1n) is 8.93. The minimum absolute atomic E-state index is 0.283. The number of anilines is 1. The molecule has 0 saturated heterocycles. The molecule has 1 amide bonds. The van der Waals surface area contributed by atoms with Crippen molar-refractivity contribution in [3.63, 3.8) is 0 Å². The number of halogens is 1. The number of benzene rings is 2. The van der Waals surface area contributed by atoms with E-state index in [1.54, 1.807) is 36.9 Å².